The van der Waals surface area contributed by atoms with Gasteiger partial charge in [0.25, 0.3) is 0 Å². The van der Waals surface area contributed by atoms with Crippen molar-refractivity contribution in [2.24, 2.45) is 5.73 Å². The quantitative estimate of drug-likeness (QED) is 0.843. The van der Waals surface area contributed by atoms with E-state index in [4.69, 9.17) is 5.73 Å². The molecule has 0 saturated heterocycles. The molecule has 2 atom stereocenters. The normalized spacial score (nSPS) is 14.9. The Hall–Kier alpha value is -0.290. The van der Waals surface area contributed by atoms with E-state index in [2.05, 4.69) is 60.0 Å². The van der Waals surface area contributed by atoms with Crippen molar-refractivity contribution in [3.8, 4) is 0 Å². The van der Waals surface area contributed by atoms with Gasteiger partial charge in [0, 0.05) is 21.3 Å². The highest BCUT2D eigenvalue weighted by atomic mass is 127. The van der Waals surface area contributed by atoms with Crippen molar-refractivity contribution in [3.63, 3.8) is 0 Å². The molecule has 0 bridgehead atoms. The smallest absolute Gasteiger partial charge is 0.0381 e. The van der Waals surface area contributed by atoms with E-state index in [0.29, 0.717) is 6.04 Å². The molecule has 0 heterocycles. The SMILES string of the molecule is Cc1ccc(NC(C)C(C)N)cc1I. The Bertz CT molecular complexity index is 310. The van der Waals surface area contributed by atoms with Gasteiger partial charge < -0.3 is 11.1 Å². The van der Waals surface area contributed by atoms with Crippen molar-refractivity contribution in [1.82, 2.24) is 0 Å². The summed E-state index contributed by atoms with van der Waals surface area (Å²) in [6.07, 6.45) is 0. The Kier molecular flexibility index (Phi) is 4.19. The van der Waals surface area contributed by atoms with Gasteiger partial charge in [-0.2, -0.15) is 0 Å². The minimum Gasteiger partial charge on any atom is -0.381 e. The molecular formula is C11H17IN2. The zero-order valence-corrected chi connectivity index (χ0v) is 11.0. The summed E-state index contributed by atoms with van der Waals surface area (Å²) in [4.78, 5) is 0. The number of hydrogen-bond donors (Lipinski definition) is 2. The first kappa shape index (κ1) is 11.8. The zero-order chi connectivity index (χ0) is 10.7. The summed E-state index contributed by atoms with van der Waals surface area (Å²) in [5, 5.41) is 3.38. The minimum atomic E-state index is 0.161. The molecule has 3 heteroatoms. The number of nitrogens with two attached hydrogens (primary N) is 1. The van der Waals surface area contributed by atoms with Gasteiger partial charge in [-0.3, -0.25) is 0 Å². The van der Waals surface area contributed by atoms with Crippen molar-refractivity contribution in [2.45, 2.75) is 32.9 Å². The Morgan fingerprint density at radius 3 is 2.50 bits per heavy atom. The monoisotopic (exact) mass is 304 g/mol. The molecule has 0 amide bonds. The number of nitrogens with one attached hydrogen (secondary N) is 1. The second kappa shape index (κ2) is 4.98. The summed E-state index contributed by atoms with van der Waals surface area (Å²) in [5.74, 6) is 0. The number of rotatable bonds is 3. The second-order valence-electron chi connectivity index (χ2n) is 3.76. The fraction of sp³-hybridized carbons (Fsp3) is 0.455. The zero-order valence-electron chi connectivity index (χ0n) is 8.84. The van der Waals surface area contributed by atoms with Gasteiger partial charge in [0.1, 0.15) is 0 Å². The van der Waals surface area contributed by atoms with Crippen molar-refractivity contribution in [2.75, 3.05) is 5.32 Å². The Morgan fingerprint density at radius 2 is 2.00 bits per heavy atom. The summed E-state index contributed by atoms with van der Waals surface area (Å²) >= 11 is 2.34. The summed E-state index contributed by atoms with van der Waals surface area (Å²) in [5.41, 5.74) is 8.24. The molecule has 0 aliphatic carbocycles. The van der Waals surface area contributed by atoms with E-state index < -0.39 is 0 Å². The highest BCUT2D eigenvalue weighted by molar-refractivity contribution is 14.1. The number of aryl methyl sites for hydroxylation is 1. The van der Waals surface area contributed by atoms with Gasteiger partial charge in [0.2, 0.25) is 0 Å². The van der Waals surface area contributed by atoms with Gasteiger partial charge in [-0.05, 0) is 61.1 Å². The molecule has 1 aromatic rings. The predicted octanol–water partition coefficient (Wildman–Crippen LogP) is 2.75. The van der Waals surface area contributed by atoms with Gasteiger partial charge in [0.05, 0.1) is 0 Å². The van der Waals surface area contributed by atoms with Crippen LogP contribution in [0.3, 0.4) is 0 Å². The molecule has 3 N–H and O–H groups in total. The van der Waals surface area contributed by atoms with E-state index in [1.54, 1.807) is 0 Å². The average Bonchev–Trinajstić information content (AvgIpc) is 2.11. The Balaban J connectivity index is 2.73. The first-order chi connectivity index (χ1) is 6.50. The van der Waals surface area contributed by atoms with E-state index in [1.165, 1.54) is 9.13 Å². The predicted molar refractivity (Wildman–Crippen MR) is 70.6 cm³/mol. The molecular weight excluding hydrogens is 287 g/mol. The van der Waals surface area contributed by atoms with Crippen LogP contribution < -0.4 is 11.1 Å². The van der Waals surface area contributed by atoms with E-state index in [9.17, 15) is 0 Å². The molecule has 1 aromatic carbocycles. The average molecular weight is 304 g/mol. The summed E-state index contributed by atoms with van der Waals surface area (Å²) in [6, 6.07) is 6.82. The fourth-order valence-electron chi connectivity index (χ4n) is 1.08. The van der Waals surface area contributed by atoms with Crippen molar-refractivity contribution in [3.05, 3.63) is 27.3 Å². The van der Waals surface area contributed by atoms with Crippen LogP contribution >= 0.6 is 22.6 Å². The van der Waals surface area contributed by atoms with Crippen molar-refractivity contribution >= 4 is 28.3 Å². The van der Waals surface area contributed by atoms with Crippen LogP contribution in [0.4, 0.5) is 5.69 Å². The number of halogens is 1. The highest BCUT2D eigenvalue weighted by Crippen LogP contribution is 2.17. The molecule has 78 valence electrons. The standard InChI is InChI=1S/C11H17IN2/c1-7-4-5-10(6-11(7)12)14-9(3)8(2)13/h4-6,8-9,14H,13H2,1-3H3. The maximum absolute atomic E-state index is 5.79. The lowest BCUT2D eigenvalue weighted by molar-refractivity contribution is 0.638. The van der Waals surface area contributed by atoms with Gasteiger partial charge in [0.15, 0.2) is 0 Å². The third-order valence-corrected chi connectivity index (χ3v) is 3.52. The van der Waals surface area contributed by atoms with E-state index in [1.807, 2.05) is 6.92 Å². The van der Waals surface area contributed by atoms with Crippen LogP contribution in [0.15, 0.2) is 18.2 Å². The molecule has 2 nitrogen and oxygen atoms in total. The first-order valence-corrected chi connectivity index (χ1v) is 5.87. The summed E-state index contributed by atoms with van der Waals surface area (Å²) in [6.45, 7) is 6.22. The topological polar surface area (TPSA) is 38.0 Å². The molecule has 0 aromatic heterocycles. The molecule has 14 heavy (non-hydrogen) atoms. The van der Waals surface area contributed by atoms with Crippen LogP contribution in [-0.2, 0) is 0 Å². The molecule has 0 fully saturated rings. The number of anilines is 1. The third-order valence-electron chi connectivity index (χ3n) is 2.35. The van der Waals surface area contributed by atoms with E-state index in [0.717, 1.165) is 5.69 Å². The van der Waals surface area contributed by atoms with Crippen LogP contribution in [0.1, 0.15) is 19.4 Å². The second-order valence-corrected chi connectivity index (χ2v) is 4.92. The first-order valence-electron chi connectivity index (χ1n) is 4.79. The van der Waals surface area contributed by atoms with Crippen LogP contribution in [0.2, 0.25) is 0 Å². The van der Waals surface area contributed by atoms with Crippen LogP contribution in [-0.4, -0.2) is 12.1 Å². The van der Waals surface area contributed by atoms with E-state index >= 15 is 0 Å². The summed E-state index contributed by atoms with van der Waals surface area (Å²) in [7, 11) is 0. The van der Waals surface area contributed by atoms with Crippen LogP contribution in [0.5, 0.6) is 0 Å². The minimum absolute atomic E-state index is 0.161. The van der Waals surface area contributed by atoms with Gasteiger partial charge >= 0.3 is 0 Å². The highest BCUT2D eigenvalue weighted by Gasteiger charge is 2.06. The number of hydrogen-bond acceptors (Lipinski definition) is 2. The maximum Gasteiger partial charge on any atom is 0.0381 e. The van der Waals surface area contributed by atoms with Crippen LogP contribution in [0, 0.1) is 10.5 Å². The van der Waals surface area contributed by atoms with Crippen LogP contribution in [0.25, 0.3) is 0 Å². The fourth-order valence-corrected chi connectivity index (χ4v) is 1.59. The van der Waals surface area contributed by atoms with Gasteiger partial charge in [-0.15, -0.1) is 0 Å². The Morgan fingerprint density at radius 1 is 1.36 bits per heavy atom. The third kappa shape index (κ3) is 3.13. The molecule has 1 rings (SSSR count). The maximum atomic E-state index is 5.79. The van der Waals surface area contributed by atoms with E-state index in [-0.39, 0.29) is 6.04 Å². The van der Waals surface area contributed by atoms with Crippen molar-refractivity contribution in [1.29, 1.82) is 0 Å². The van der Waals surface area contributed by atoms with Gasteiger partial charge in [-0.25, -0.2) is 0 Å². The lowest BCUT2D eigenvalue weighted by atomic mass is 10.1. The number of benzene rings is 1. The largest absolute Gasteiger partial charge is 0.381 e. The lowest BCUT2D eigenvalue weighted by Crippen LogP contribution is -2.35. The molecule has 0 aliphatic rings. The molecule has 0 saturated carbocycles. The Labute approximate surface area is 99.4 Å². The summed E-state index contributed by atoms with van der Waals surface area (Å²) < 4.78 is 1.28. The van der Waals surface area contributed by atoms with Gasteiger partial charge in [-0.1, -0.05) is 6.07 Å². The van der Waals surface area contributed by atoms with Crippen molar-refractivity contribution < 1.29 is 0 Å². The molecule has 0 radical (unpaired) electrons. The molecule has 2 unspecified atom stereocenters. The lowest BCUT2D eigenvalue weighted by Gasteiger charge is -2.19. The molecule has 0 spiro atoms. The molecule has 0 aliphatic heterocycles.